The molecule has 0 bridgehead atoms. The first-order valence-corrected chi connectivity index (χ1v) is 9.04. The average Bonchev–Trinajstić information content (AvgIpc) is 3.32. The van der Waals surface area contributed by atoms with Crippen LogP contribution in [0.2, 0.25) is 0 Å². The van der Waals surface area contributed by atoms with Crippen molar-refractivity contribution in [2.45, 2.75) is 26.4 Å². The van der Waals surface area contributed by atoms with Gasteiger partial charge in [-0.2, -0.15) is 4.37 Å². The van der Waals surface area contributed by atoms with Crippen LogP contribution in [0.15, 0.2) is 12.1 Å². The molecule has 1 aliphatic rings. The molecule has 1 fully saturated rings. The molecule has 0 saturated heterocycles. The second-order valence-electron chi connectivity index (χ2n) is 6.33. The fraction of sp³-hybridized carbons (Fsp3) is 0.353. The predicted octanol–water partition coefficient (Wildman–Crippen LogP) is 2.94. The first-order chi connectivity index (χ1) is 12.8. The van der Waals surface area contributed by atoms with Gasteiger partial charge in [0.2, 0.25) is 5.88 Å². The maximum Gasteiger partial charge on any atom is 0.319 e. The van der Waals surface area contributed by atoms with Crippen molar-refractivity contribution in [3.63, 3.8) is 0 Å². The number of ether oxygens (including phenoxy) is 1. The summed E-state index contributed by atoms with van der Waals surface area (Å²) in [5, 5.41) is 5.29. The molecule has 10 heteroatoms. The quantitative estimate of drug-likeness (QED) is 0.669. The minimum absolute atomic E-state index is 0.107. The van der Waals surface area contributed by atoms with Gasteiger partial charge in [0.1, 0.15) is 28.8 Å². The van der Waals surface area contributed by atoms with Crippen LogP contribution in [0.4, 0.5) is 18.6 Å². The van der Waals surface area contributed by atoms with Gasteiger partial charge in [-0.1, -0.05) is 0 Å². The maximum atomic E-state index is 13.9. The molecule has 0 spiro atoms. The molecule has 2 aromatic rings. The number of amides is 3. The van der Waals surface area contributed by atoms with E-state index in [0.717, 1.165) is 24.4 Å². The lowest BCUT2D eigenvalue weighted by atomic mass is 10.1. The number of nitrogens with one attached hydrogen (secondary N) is 2. The molecule has 4 N–H and O–H groups in total. The molecular weight excluding hydrogens is 378 g/mol. The molecule has 3 rings (SSSR count). The summed E-state index contributed by atoms with van der Waals surface area (Å²) >= 11 is 0.793. The van der Waals surface area contributed by atoms with E-state index in [4.69, 9.17) is 10.5 Å². The molecule has 0 radical (unpaired) electrons. The fourth-order valence-corrected chi connectivity index (χ4v) is 3.13. The number of nitrogens with zero attached hydrogens (tertiary/aromatic N) is 1. The number of carbonyl (C=O) groups is 2. The van der Waals surface area contributed by atoms with Gasteiger partial charge in [0.25, 0.3) is 5.91 Å². The highest BCUT2D eigenvalue weighted by Crippen LogP contribution is 2.31. The van der Waals surface area contributed by atoms with Crippen molar-refractivity contribution in [1.82, 2.24) is 9.69 Å². The van der Waals surface area contributed by atoms with Gasteiger partial charge in [0.05, 0.1) is 5.56 Å². The summed E-state index contributed by atoms with van der Waals surface area (Å²) in [5.74, 6) is -2.10. The van der Waals surface area contributed by atoms with Crippen LogP contribution in [-0.2, 0) is 6.61 Å². The zero-order chi connectivity index (χ0) is 19.6. The first-order valence-electron chi connectivity index (χ1n) is 8.26. The topological polar surface area (TPSA) is 106 Å². The van der Waals surface area contributed by atoms with E-state index in [-0.39, 0.29) is 22.0 Å². The number of carbonyl (C=O) groups excluding carboxylic acids is 2. The van der Waals surface area contributed by atoms with Gasteiger partial charge in [0, 0.05) is 6.54 Å². The van der Waals surface area contributed by atoms with Gasteiger partial charge in [-0.25, -0.2) is 13.6 Å². The molecule has 1 heterocycles. The van der Waals surface area contributed by atoms with Crippen molar-refractivity contribution in [1.29, 1.82) is 0 Å². The van der Waals surface area contributed by atoms with E-state index in [1.54, 1.807) is 6.92 Å². The van der Waals surface area contributed by atoms with Gasteiger partial charge >= 0.3 is 6.03 Å². The van der Waals surface area contributed by atoms with Crippen LogP contribution >= 0.6 is 11.5 Å². The lowest BCUT2D eigenvalue weighted by Gasteiger charge is -2.09. The van der Waals surface area contributed by atoms with Crippen LogP contribution in [0.1, 0.15) is 34.3 Å². The Morgan fingerprint density at radius 3 is 2.59 bits per heavy atom. The lowest BCUT2D eigenvalue weighted by Crippen LogP contribution is -2.30. The number of anilines is 1. The molecule has 1 aromatic carbocycles. The van der Waals surface area contributed by atoms with Crippen molar-refractivity contribution in [3.8, 4) is 5.88 Å². The Kier molecular flexibility index (Phi) is 5.54. The minimum Gasteiger partial charge on any atom is -0.471 e. The molecule has 1 aliphatic carbocycles. The number of aryl methyl sites for hydroxylation is 1. The minimum atomic E-state index is -0.874. The number of nitrogens with two attached hydrogens (primary N) is 1. The zero-order valence-electron chi connectivity index (χ0n) is 14.5. The van der Waals surface area contributed by atoms with Gasteiger partial charge in [0.15, 0.2) is 0 Å². The van der Waals surface area contributed by atoms with Gasteiger partial charge < -0.3 is 15.8 Å². The summed E-state index contributed by atoms with van der Waals surface area (Å²) in [5.41, 5.74) is 5.34. The Bertz CT molecular complexity index is 860. The molecule has 0 atom stereocenters. The number of hydrogen-bond donors (Lipinski definition) is 3. The molecule has 0 unspecified atom stereocenters. The van der Waals surface area contributed by atoms with E-state index >= 15 is 0 Å². The molecule has 1 saturated carbocycles. The summed E-state index contributed by atoms with van der Waals surface area (Å²) in [6.45, 7) is 1.63. The molecule has 144 valence electrons. The first kappa shape index (κ1) is 19.0. The van der Waals surface area contributed by atoms with E-state index in [0.29, 0.717) is 18.0 Å². The Morgan fingerprint density at radius 2 is 2.00 bits per heavy atom. The van der Waals surface area contributed by atoms with Crippen LogP contribution in [0, 0.1) is 24.5 Å². The van der Waals surface area contributed by atoms with Crippen molar-refractivity contribution in [3.05, 3.63) is 40.5 Å². The standard InChI is InChI=1S/C17H18F2N4O3S/c1-8-4-11(18)10(12(19)5-8)7-26-15-13(14(20)24)16(27-23-15)22-17(25)21-6-9-2-3-9/h4-5,9H,2-3,6-7H2,1H3,(H2,20,24)(H2,21,22,25). The highest BCUT2D eigenvalue weighted by Gasteiger charge is 2.24. The van der Waals surface area contributed by atoms with Crippen LogP contribution in [-0.4, -0.2) is 22.9 Å². The average molecular weight is 396 g/mol. The number of benzene rings is 1. The van der Waals surface area contributed by atoms with E-state index in [9.17, 15) is 18.4 Å². The molecule has 7 nitrogen and oxygen atoms in total. The van der Waals surface area contributed by atoms with Crippen molar-refractivity contribution >= 4 is 28.5 Å². The van der Waals surface area contributed by atoms with Crippen molar-refractivity contribution in [2.24, 2.45) is 11.7 Å². The molecule has 3 amide bonds. The van der Waals surface area contributed by atoms with Crippen LogP contribution < -0.4 is 21.1 Å². The SMILES string of the molecule is Cc1cc(F)c(COc2nsc(NC(=O)NCC3CC3)c2C(N)=O)c(F)c1. The van der Waals surface area contributed by atoms with Crippen molar-refractivity contribution in [2.75, 3.05) is 11.9 Å². The molecule has 1 aromatic heterocycles. The summed E-state index contributed by atoms with van der Waals surface area (Å²) in [6, 6.07) is 1.86. The number of aromatic nitrogens is 1. The molecule has 0 aliphatic heterocycles. The zero-order valence-corrected chi connectivity index (χ0v) is 15.3. The van der Waals surface area contributed by atoms with Gasteiger partial charge in [-0.15, -0.1) is 0 Å². The fourth-order valence-electron chi connectivity index (χ4n) is 2.39. The van der Waals surface area contributed by atoms with Gasteiger partial charge in [-0.3, -0.25) is 10.1 Å². The van der Waals surface area contributed by atoms with Crippen LogP contribution in [0.25, 0.3) is 0 Å². The summed E-state index contributed by atoms with van der Waals surface area (Å²) in [6.07, 6.45) is 2.16. The number of urea groups is 1. The van der Waals surface area contributed by atoms with E-state index in [2.05, 4.69) is 15.0 Å². The Balaban J connectivity index is 1.71. The van der Waals surface area contributed by atoms with E-state index < -0.39 is 30.2 Å². The van der Waals surface area contributed by atoms with Crippen LogP contribution in [0.5, 0.6) is 5.88 Å². The third-order valence-corrected chi connectivity index (χ3v) is 4.77. The summed E-state index contributed by atoms with van der Waals surface area (Å²) in [4.78, 5) is 23.6. The third kappa shape index (κ3) is 4.70. The number of rotatable bonds is 7. The molecular formula is C17H18F2N4O3S. The smallest absolute Gasteiger partial charge is 0.319 e. The monoisotopic (exact) mass is 396 g/mol. The lowest BCUT2D eigenvalue weighted by molar-refractivity contribution is 0.0996. The summed E-state index contributed by atoms with van der Waals surface area (Å²) in [7, 11) is 0. The van der Waals surface area contributed by atoms with E-state index in [1.165, 1.54) is 12.1 Å². The predicted molar refractivity (Wildman–Crippen MR) is 95.8 cm³/mol. The maximum absolute atomic E-state index is 13.9. The highest BCUT2D eigenvalue weighted by atomic mass is 32.1. The Morgan fingerprint density at radius 1 is 1.33 bits per heavy atom. The second kappa shape index (κ2) is 7.87. The van der Waals surface area contributed by atoms with E-state index in [1.807, 2.05) is 0 Å². The van der Waals surface area contributed by atoms with Crippen molar-refractivity contribution < 1.29 is 23.1 Å². The largest absolute Gasteiger partial charge is 0.471 e. The Hall–Kier alpha value is -2.75. The third-order valence-electron chi connectivity index (χ3n) is 4.02. The number of halogens is 2. The summed E-state index contributed by atoms with van der Waals surface area (Å²) < 4.78 is 37.0. The van der Waals surface area contributed by atoms with Crippen LogP contribution in [0.3, 0.4) is 0 Å². The second-order valence-corrected chi connectivity index (χ2v) is 7.10. The van der Waals surface area contributed by atoms with Gasteiger partial charge in [-0.05, 0) is 54.9 Å². The number of primary amides is 1. The highest BCUT2D eigenvalue weighted by molar-refractivity contribution is 7.11. The normalized spacial score (nSPS) is 13.3. The Labute approximate surface area is 158 Å². The number of hydrogen-bond acceptors (Lipinski definition) is 5. The molecule has 27 heavy (non-hydrogen) atoms.